The fraction of sp³-hybridized carbons (Fsp3) is 0.500. The number of hydrogen-bond acceptors (Lipinski definition) is 2. The molecule has 0 saturated carbocycles. The van der Waals surface area contributed by atoms with Crippen LogP contribution in [-0.4, -0.2) is 19.0 Å². The molecule has 1 rings (SSSR count). The second-order valence-corrected chi connectivity index (χ2v) is 4.97. The topological polar surface area (TPSA) is 41.1 Å². The van der Waals surface area contributed by atoms with Crippen molar-refractivity contribution >= 4 is 23.2 Å². The molecule has 0 aliphatic rings. The highest BCUT2D eigenvalue weighted by molar-refractivity contribution is 6.30. The average molecular weight is 269 g/mol. The molecular weight excluding hydrogens is 248 g/mol. The van der Waals surface area contributed by atoms with E-state index in [1.54, 1.807) is 0 Å². The van der Waals surface area contributed by atoms with Crippen LogP contribution in [0.3, 0.4) is 0 Å². The molecule has 0 aliphatic carbocycles. The number of rotatable bonds is 5. The van der Waals surface area contributed by atoms with Crippen LogP contribution in [0.2, 0.25) is 5.02 Å². The standard InChI is InChI=1S/C14H21ClN2O/c1-5-6-12(16-4)14(18)17-13-9(2)7-11(15)8-10(13)3/h7-8,12,16H,5-6H2,1-4H3,(H,17,18). The van der Waals surface area contributed by atoms with E-state index in [1.165, 1.54) is 0 Å². The maximum absolute atomic E-state index is 12.1. The summed E-state index contributed by atoms with van der Waals surface area (Å²) in [4.78, 5) is 12.1. The van der Waals surface area contributed by atoms with Crippen molar-refractivity contribution in [3.05, 3.63) is 28.3 Å². The summed E-state index contributed by atoms with van der Waals surface area (Å²) in [7, 11) is 1.81. The first kappa shape index (κ1) is 15.0. The van der Waals surface area contributed by atoms with Gasteiger partial charge in [-0.05, 0) is 50.6 Å². The van der Waals surface area contributed by atoms with Crippen LogP contribution in [0.1, 0.15) is 30.9 Å². The second kappa shape index (κ2) is 6.76. The molecule has 2 N–H and O–H groups in total. The maximum Gasteiger partial charge on any atom is 0.241 e. The molecule has 4 heteroatoms. The molecule has 1 aromatic rings. The molecule has 0 saturated heterocycles. The lowest BCUT2D eigenvalue weighted by Gasteiger charge is -2.18. The van der Waals surface area contributed by atoms with Crippen molar-refractivity contribution < 1.29 is 4.79 Å². The smallest absolute Gasteiger partial charge is 0.241 e. The third-order valence-corrected chi connectivity index (χ3v) is 3.21. The van der Waals surface area contributed by atoms with E-state index in [9.17, 15) is 4.79 Å². The Hall–Kier alpha value is -1.06. The van der Waals surface area contributed by atoms with Gasteiger partial charge in [0.1, 0.15) is 0 Å². The molecule has 0 radical (unpaired) electrons. The van der Waals surface area contributed by atoms with Gasteiger partial charge in [-0.25, -0.2) is 0 Å². The number of likely N-dealkylation sites (N-methyl/N-ethyl adjacent to an activating group) is 1. The number of aryl methyl sites for hydroxylation is 2. The lowest BCUT2D eigenvalue weighted by Crippen LogP contribution is -2.38. The molecule has 0 bridgehead atoms. The van der Waals surface area contributed by atoms with Gasteiger partial charge in [0, 0.05) is 10.7 Å². The van der Waals surface area contributed by atoms with Crippen molar-refractivity contribution in [3.63, 3.8) is 0 Å². The molecule has 0 fully saturated rings. The van der Waals surface area contributed by atoms with E-state index >= 15 is 0 Å². The summed E-state index contributed by atoms with van der Waals surface area (Å²) in [6.07, 6.45) is 1.80. The first-order valence-corrected chi connectivity index (χ1v) is 6.62. The second-order valence-electron chi connectivity index (χ2n) is 4.53. The summed E-state index contributed by atoms with van der Waals surface area (Å²) in [5, 5.41) is 6.71. The van der Waals surface area contributed by atoms with Crippen molar-refractivity contribution in [2.45, 2.75) is 39.7 Å². The van der Waals surface area contributed by atoms with Crippen molar-refractivity contribution in [2.75, 3.05) is 12.4 Å². The van der Waals surface area contributed by atoms with E-state index in [0.29, 0.717) is 5.02 Å². The van der Waals surface area contributed by atoms with Crippen LogP contribution in [0.15, 0.2) is 12.1 Å². The lowest BCUT2D eigenvalue weighted by atomic mass is 10.1. The number of nitrogens with one attached hydrogen (secondary N) is 2. The van der Waals surface area contributed by atoms with E-state index in [4.69, 9.17) is 11.6 Å². The number of carbonyl (C=O) groups is 1. The van der Waals surface area contributed by atoms with Crippen LogP contribution in [-0.2, 0) is 4.79 Å². The van der Waals surface area contributed by atoms with Gasteiger partial charge in [0.15, 0.2) is 0 Å². The zero-order valence-corrected chi connectivity index (χ0v) is 12.2. The van der Waals surface area contributed by atoms with Gasteiger partial charge >= 0.3 is 0 Å². The fourth-order valence-electron chi connectivity index (χ4n) is 2.01. The minimum atomic E-state index is -0.149. The summed E-state index contributed by atoms with van der Waals surface area (Å²) in [6.45, 7) is 5.96. The Labute approximate surface area is 114 Å². The minimum Gasteiger partial charge on any atom is -0.324 e. The highest BCUT2D eigenvalue weighted by atomic mass is 35.5. The van der Waals surface area contributed by atoms with Gasteiger partial charge in [-0.2, -0.15) is 0 Å². The quantitative estimate of drug-likeness (QED) is 0.860. The number of carbonyl (C=O) groups excluding carboxylic acids is 1. The third-order valence-electron chi connectivity index (χ3n) is 2.99. The van der Waals surface area contributed by atoms with Crippen LogP contribution in [0, 0.1) is 13.8 Å². The number of benzene rings is 1. The third kappa shape index (κ3) is 3.72. The Morgan fingerprint density at radius 2 is 1.89 bits per heavy atom. The molecule has 0 aliphatic heterocycles. The van der Waals surface area contributed by atoms with Gasteiger partial charge in [-0.1, -0.05) is 24.9 Å². The average Bonchev–Trinajstić information content (AvgIpc) is 2.30. The van der Waals surface area contributed by atoms with Crippen LogP contribution < -0.4 is 10.6 Å². The van der Waals surface area contributed by atoms with Crippen molar-refractivity contribution in [1.29, 1.82) is 0 Å². The van der Waals surface area contributed by atoms with Gasteiger partial charge in [0.05, 0.1) is 6.04 Å². The number of halogens is 1. The predicted octanol–water partition coefficient (Wildman–Crippen LogP) is 3.28. The van der Waals surface area contributed by atoms with E-state index < -0.39 is 0 Å². The molecular formula is C14H21ClN2O. The van der Waals surface area contributed by atoms with E-state index in [-0.39, 0.29) is 11.9 Å². The summed E-state index contributed by atoms with van der Waals surface area (Å²) < 4.78 is 0. The first-order valence-electron chi connectivity index (χ1n) is 6.24. The molecule has 0 aromatic heterocycles. The fourth-order valence-corrected chi connectivity index (χ4v) is 2.34. The molecule has 18 heavy (non-hydrogen) atoms. The van der Waals surface area contributed by atoms with Gasteiger partial charge < -0.3 is 10.6 Å². The van der Waals surface area contributed by atoms with Gasteiger partial charge in [-0.15, -0.1) is 0 Å². The van der Waals surface area contributed by atoms with E-state index in [0.717, 1.165) is 29.7 Å². The molecule has 0 heterocycles. The molecule has 100 valence electrons. The molecule has 1 unspecified atom stereocenters. The van der Waals surface area contributed by atoms with Crippen molar-refractivity contribution in [1.82, 2.24) is 5.32 Å². The van der Waals surface area contributed by atoms with Gasteiger partial charge in [0.25, 0.3) is 0 Å². The zero-order valence-electron chi connectivity index (χ0n) is 11.4. The highest BCUT2D eigenvalue weighted by Gasteiger charge is 2.17. The van der Waals surface area contributed by atoms with Crippen LogP contribution in [0.4, 0.5) is 5.69 Å². The van der Waals surface area contributed by atoms with Gasteiger partial charge in [0.2, 0.25) is 5.91 Å². The summed E-state index contributed by atoms with van der Waals surface area (Å²) in [5.41, 5.74) is 2.83. The van der Waals surface area contributed by atoms with Crippen LogP contribution in [0.25, 0.3) is 0 Å². The number of anilines is 1. The Balaban J connectivity index is 2.87. The summed E-state index contributed by atoms with van der Waals surface area (Å²) in [6, 6.07) is 3.57. The monoisotopic (exact) mass is 268 g/mol. The Kier molecular flexibility index (Phi) is 5.63. The Morgan fingerprint density at radius 3 is 2.33 bits per heavy atom. The predicted molar refractivity (Wildman–Crippen MR) is 77.3 cm³/mol. The summed E-state index contributed by atoms with van der Waals surface area (Å²) >= 11 is 5.97. The van der Waals surface area contributed by atoms with Crippen molar-refractivity contribution in [3.8, 4) is 0 Å². The summed E-state index contributed by atoms with van der Waals surface area (Å²) in [5.74, 6) is 0.00729. The molecule has 1 atom stereocenters. The number of hydrogen-bond donors (Lipinski definition) is 2. The Morgan fingerprint density at radius 1 is 1.33 bits per heavy atom. The van der Waals surface area contributed by atoms with E-state index in [2.05, 4.69) is 17.6 Å². The largest absolute Gasteiger partial charge is 0.324 e. The number of amides is 1. The molecule has 3 nitrogen and oxygen atoms in total. The SMILES string of the molecule is CCCC(NC)C(=O)Nc1c(C)cc(Cl)cc1C. The van der Waals surface area contributed by atoms with Crippen LogP contribution >= 0.6 is 11.6 Å². The highest BCUT2D eigenvalue weighted by Crippen LogP contribution is 2.25. The molecule has 1 amide bonds. The molecule has 0 spiro atoms. The molecule has 1 aromatic carbocycles. The Bertz CT molecular complexity index is 409. The minimum absolute atomic E-state index is 0.00729. The lowest BCUT2D eigenvalue weighted by molar-refractivity contribution is -0.118. The zero-order chi connectivity index (χ0) is 13.7. The first-order chi connectivity index (χ1) is 8.49. The normalized spacial score (nSPS) is 12.3. The van der Waals surface area contributed by atoms with Crippen LogP contribution in [0.5, 0.6) is 0 Å². The van der Waals surface area contributed by atoms with E-state index in [1.807, 2.05) is 33.0 Å². The van der Waals surface area contributed by atoms with Crippen molar-refractivity contribution in [2.24, 2.45) is 0 Å². The maximum atomic E-state index is 12.1. The van der Waals surface area contributed by atoms with Gasteiger partial charge in [-0.3, -0.25) is 4.79 Å².